The second-order valence-corrected chi connectivity index (χ2v) is 7.44. The molecule has 0 aliphatic carbocycles. The van der Waals surface area contributed by atoms with Crippen LogP contribution in [0.1, 0.15) is 63.8 Å². The Balaban J connectivity index is 3.96. The third kappa shape index (κ3) is 3.96. The number of hydrogen-bond donors (Lipinski definition) is 0. The standard InChI is InChI=1S/C16H20F6/c1-13(2,3)9-7-10(15(17,18)19)12(14(4,5)6)11(8-9)16(20,21)22/h7-8H,1-6H3. The Bertz CT molecular complexity index is 515. The van der Waals surface area contributed by atoms with Crippen molar-refractivity contribution in [1.29, 1.82) is 0 Å². The molecule has 126 valence electrons. The van der Waals surface area contributed by atoms with E-state index in [0.717, 1.165) is 12.1 Å². The maximum atomic E-state index is 13.3. The van der Waals surface area contributed by atoms with E-state index in [1.165, 1.54) is 20.8 Å². The van der Waals surface area contributed by atoms with Gasteiger partial charge in [0.05, 0.1) is 11.1 Å². The molecule has 0 unspecified atom stereocenters. The van der Waals surface area contributed by atoms with E-state index < -0.39 is 39.9 Å². The number of halogens is 6. The van der Waals surface area contributed by atoms with Crippen LogP contribution in [0.2, 0.25) is 0 Å². The molecule has 22 heavy (non-hydrogen) atoms. The molecule has 0 bridgehead atoms. The molecule has 0 aliphatic heterocycles. The zero-order valence-corrected chi connectivity index (χ0v) is 13.4. The Morgan fingerprint density at radius 3 is 1.09 bits per heavy atom. The van der Waals surface area contributed by atoms with Crippen molar-refractivity contribution in [2.75, 3.05) is 0 Å². The lowest BCUT2D eigenvalue weighted by Crippen LogP contribution is -2.27. The molecule has 0 saturated heterocycles. The SMILES string of the molecule is CC(C)(C)c1cc(C(F)(F)F)c(C(C)(C)C)c(C(F)(F)F)c1. The van der Waals surface area contributed by atoms with Crippen molar-refractivity contribution in [2.45, 2.75) is 64.7 Å². The van der Waals surface area contributed by atoms with Crippen molar-refractivity contribution in [3.63, 3.8) is 0 Å². The Labute approximate surface area is 126 Å². The van der Waals surface area contributed by atoms with Crippen molar-refractivity contribution in [1.82, 2.24) is 0 Å². The molecule has 0 atom stereocenters. The molecule has 1 rings (SSSR count). The van der Waals surface area contributed by atoms with Crippen LogP contribution in [0.25, 0.3) is 0 Å². The van der Waals surface area contributed by atoms with Gasteiger partial charge in [-0.25, -0.2) is 0 Å². The van der Waals surface area contributed by atoms with E-state index in [-0.39, 0.29) is 5.56 Å². The van der Waals surface area contributed by atoms with E-state index in [9.17, 15) is 26.3 Å². The smallest absolute Gasteiger partial charge is 0.166 e. The highest BCUT2D eigenvalue weighted by atomic mass is 19.4. The van der Waals surface area contributed by atoms with E-state index in [1.807, 2.05) is 0 Å². The molecule has 0 spiro atoms. The lowest BCUT2D eigenvalue weighted by Gasteiger charge is -2.31. The minimum atomic E-state index is -4.84. The summed E-state index contributed by atoms with van der Waals surface area (Å²) in [5.41, 5.74) is -5.22. The summed E-state index contributed by atoms with van der Waals surface area (Å²) >= 11 is 0. The average Bonchev–Trinajstić information content (AvgIpc) is 2.22. The molecule has 0 fully saturated rings. The minimum absolute atomic E-state index is 0.0140. The van der Waals surface area contributed by atoms with Gasteiger partial charge in [-0.15, -0.1) is 0 Å². The lowest BCUT2D eigenvalue weighted by atomic mass is 9.76. The van der Waals surface area contributed by atoms with Crippen LogP contribution in [0.4, 0.5) is 26.3 Å². The molecule has 1 aromatic rings. The van der Waals surface area contributed by atoms with Crippen LogP contribution >= 0.6 is 0 Å². The summed E-state index contributed by atoms with van der Waals surface area (Å²) < 4.78 is 80.1. The molecule has 0 N–H and O–H groups in total. The second kappa shape index (κ2) is 5.17. The minimum Gasteiger partial charge on any atom is -0.166 e. The van der Waals surface area contributed by atoms with E-state index in [4.69, 9.17) is 0 Å². The van der Waals surface area contributed by atoms with E-state index in [1.54, 1.807) is 20.8 Å². The summed E-state index contributed by atoms with van der Waals surface area (Å²) in [6, 6.07) is 1.69. The summed E-state index contributed by atoms with van der Waals surface area (Å²) in [7, 11) is 0. The van der Waals surface area contributed by atoms with Crippen LogP contribution in [0.5, 0.6) is 0 Å². The summed E-state index contributed by atoms with van der Waals surface area (Å²) in [6.07, 6.45) is -9.69. The first-order chi connectivity index (χ1) is 9.45. The van der Waals surface area contributed by atoms with Crippen molar-refractivity contribution >= 4 is 0 Å². The summed E-state index contributed by atoms with van der Waals surface area (Å²) in [5.74, 6) is 0. The molecule has 0 amide bonds. The van der Waals surface area contributed by atoms with Crippen molar-refractivity contribution in [2.24, 2.45) is 0 Å². The van der Waals surface area contributed by atoms with Gasteiger partial charge >= 0.3 is 12.4 Å². The highest BCUT2D eigenvalue weighted by Gasteiger charge is 2.44. The Kier molecular flexibility index (Phi) is 4.43. The van der Waals surface area contributed by atoms with Crippen molar-refractivity contribution in [3.05, 3.63) is 34.4 Å². The van der Waals surface area contributed by atoms with Crippen LogP contribution in [-0.2, 0) is 23.2 Å². The molecule has 1 aromatic carbocycles. The van der Waals surface area contributed by atoms with E-state index >= 15 is 0 Å². The lowest BCUT2D eigenvalue weighted by molar-refractivity contribution is -0.145. The molecule has 0 heterocycles. The molecule has 0 nitrogen and oxygen atoms in total. The maximum Gasteiger partial charge on any atom is 0.416 e. The Hall–Kier alpha value is -1.20. The third-order valence-corrected chi connectivity index (χ3v) is 3.37. The fourth-order valence-corrected chi connectivity index (χ4v) is 2.33. The zero-order valence-electron chi connectivity index (χ0n) is 13.4. The monoisotopic (exact) mass is 326 g/mol. The number of alkyl halides is 6. The fraction of sp³-hybridized carbons (Fsp3) is 0.625. The van der Waals surface area contributed by atoms with Gasteiger partial charge in [0.1, 0.15) is 0 Å². The zero-order chi connectivity index (χ0) is 17.7. The van der Waals surface area contributed by atoms with Gasteiger partial charge in [0.25, 0.3) is 0 Å². The van der Waals surface area contributed by atoms with Crippen LogP contribution < -0.4 is 0 Å². The van der Waals surface area contributed by atoms with Gasteiger partial charge in [-0.3, -0.25) is 0 Å². The van der Waals surface area contributed by atoms with Crippen LogP contribution in [0.15, 0.2) is 12.1 Å². The van der Waals surface area contributed by atoms with Gasteiger partial charge in [-0.1, -0.05) is 41.5 Å². The molecule has 0 aliphatic rings. The maximum absolute atomic E-state index is 13.3. The largest absolute Gasteiger partial charge is 0.416 e. The van der Waals surface area contributed by atoms with Gasteiger partial charge in [0.2, 0.25) is 0 Å². The molecular weight excluding hydrogens is 306 g/mol. The van der Waals surface area contributed by atoms with E-state index in [0.29, 0.717) is 0 Å². The first kappa shape index (κ1) is 18.8. The van der Waals surface area contributed by atoms with E-state index in [2.05, 4.69) is 0 Å². The first-order valence-corrected chi connectivity index (χ1v) is 6.79. The van der Waals surface area contributed by atoms with Crippen molar-refractivity contribution in [3.8, 4) is 0 Å². The predicted molar refractivity (Wildman–Crippen MR) is 73.8 cm³/mol. The Morgan fingerprint density at radius 1 is 0.591 bits per heavy atom. The van der Waals surface area contributed by atoms with Gasteiger partial charge in [-0.2, -0.15) is 26.3 Å². The number of benzene rings is 1. The van der Waals surface area contributed by atoms with Gasteiger partial charge in [-0.05, 0) is 34.1 Å². The highest BCUT2D eigenvalue weighted by molar-refractivity contribution is 5.48. The summed E-state index contributed by atoms with van der Waals surface area (Å²) in [6.45, 7) is 8.80. The highest BCUT2D eigenvalue weighted by Crippen LogP contribution is 2.46. The quantitative estimate of drug-likeness (QED) is 0.489. The van der Waals surface area contributed by atoms with Gasteiger partial charge < -0.3 is 0 Å². The molecule has 6 heteroatoms. The van der Waals surface area contributed by atoms with Crippen molar-refractivity contribution < 1.29 is 26.3 Å². The van der Waals surface area contributed by atoms with Crippen LogP contribution in [0.3, 0.4) is 0 Å². The van der Waals surface area contributed by atoms with Gasteiger partial charge in [0.15, 0.2) is 0 Å². The average molecular weight is 326 g/mol. The second-order valence-electron chi connectivity index (χ2n) is 7.44. The third-order valence-electron chi connectivity index (χ3n) is 3.37. The summed E-state index contributed by atoms with van der Waals surface area (Å²) in [5, 5.41) is 0. The fourth-order valence-electron chi connectivity index (χ4n) is 2.33. The van der Waals surface area contributed by atoms with Crippen LogP contribution in [-0.4, -0.2) is 0 Å². The molecule has 0 saturated carbocycles. The molecular formula is C16H20F6. The van der Waals surface area contributed by atoms with Gasteiger partial charge in [0, 0.05) is 0 Å². The number of rotatable bonds is 0. The van der Waals surface area contributed by atoms with Crippen LogP contribution in [0, 0.1) is 0 Å². The predicted octanol–water partition coefficient (Wildman–Crippen LogP) is 6.32. The molecule has 0 aromatic heterocycles. The number of hydrogen-bond acceptors (Lipinski definition) is 0. The first-order valence-electron chi connectivity index (χ1n) is 6.79. The molecule has 0 radical (unpaired) electrons. The summed E-state index contributed by atoms with van der Waals surface area (Å²) in [4.78, 5) is 0. The topological polar surface area (TPSA) is 0 Å². The Morgan fingerprint density at radius 2 is 0.909 bits per heavy atom. The normalized spacial score (nSPS) is 14.4.